The third kappa shape index (κ3) is 4.42. The molecule has 0 unspecified atom stereocenters. The fourth-order valence-electron chi connectivity index (χ4n) is 2.35. The lowest BCUT2D eigenvalue weighted by Crippen LogP contribution is -2.24. The number of carbonyl (C=O) groups is 1. The maximum Gasteiger partial charge on any atom is 0.271 e. The van der Waals surface area contributed by atoms with Gasteiger partial charge in [0.1, 0.15) is 12.4 Å². The predicted octanol–water partition coefficient (Wildman–Crippen LogP) is 2.59. The Morgan fingerprint density at radius 2 is 2.10 bits per heavy atom. The second-order valence-corrected chi connectivity index (χ2v) is 5.08. The number of benzene rings is 1. The number of nitro benzene ring substituents is 1. The van der Waals surface area contributed by atoms with Gasteiger partial charge in [-0.2, -0.15) is 0 Å². The molecule has 1 aromatic carbocycles. The number of nitrogens with one attached hydrogen (secondary N) is 1. The van der Waals surface area contributed by atoms with Crippen LogP contribution in [0.25, 0.3) is 0 Å². The molecule has 1 aliphatic rings. The molecule has 0 heterocycles. The van der Waals surface area contributed by atoms with Gasteiger partial charge in [-0.3, -0.25) is 14.9 Å². The first-order valence-electron chi connectivity index (χ1n) is 6.95. The van der Waals surface area contributed by atoms with Gasteiger partial charge < -0.3 is 15.2 Å². The quantitative estimate of drug-likeness (QED) is 0.493. The van der Waals surface area contributed by atoms with Crippen molar-refractivity contribution in [2.45, 2.75) is 38.2 Å². The molecule has 1 saturated carbocycles. The Morgan fingerprint density at radius 3 is 2.76 bits per heavy atom. The van der Waals surface area contributed by atoms with Crippen LogP contribution in [0.3, 0.4) is 0 Å². The van der Waals surface area contributed by atoms with Crippen LogP contribution in [0.1, 0.15) is 32.1 Å². The highest BCUT2D eigenvalue weighted by Crippen LogP contribution is 2.27. The largest absolute Gasteiger partial charge is 0.506 e. The molecule has 0 aromatic heterocycles. The Balaban J connectivity index is 1.89. The smallest absolute Gasteiger partial charge is 0.271 e. The van der Waals surface area contributed by atoms with Gasteiger partial charge in [0.25, 0.3) is 5.69 Å². The Hall–Kier alpha value is -2.15. The maximum absolute atomic E-state index is 11.8. The molecule has 1 amide bonds. The zero-order valence-corrected chi connectivity index (χ0v) is 11.6. The van der Waals surface area contributed by atoms with Crippen LogP contribution in [0, 0.1) is 10.1 Å². The highest BCUT2D eigenvalue weighted by atomic mass is 16.6. The summed E-state index contributed by atoms with van der Waals surface area (Å²) in [6.45, 7) is -0.118. The normalized spacial score (nSPS) is 15.6. The van der Waals surface area contributed by atoms with Gasteiger partial charge in [-0.15, -0.1) is 0 Å². The fraction of sp³-hybridized carbons (Fsp3) is 0.500. The predicted molar refractivity (Wildman–Crippen MR) is 76.2 cm³/mol. The van der Waals surface area contributed by atoms with Gasteiger partial charge in [0, 0.05) is 12.1 Å². The number of carbonyl (C=O) groups excluding carboxylic acids is 1. The summed E-state index contributed by atoms with van der Waals surface area (Å²) in [7, 11) is 0. The van der Waals surface area contributed by atoms with Crippen LogP contribution in [-0.4, -0.2) is 28.6 Å². The number of non-ortho nitro benzene ring substituents is 1. The van der Waals surface area contributed by atoms with E-state index in [9.17, 15) is 20.0 Å². The third-order valence-corrected chi connectivity index (χ3v) is 3.47. The first kappa shape index (κ1) is 15.2. The van der Waals surface area contributed by atoms with E-state index in [1.54, 1.807) is 0 Å². The van der Waals surface area contributed by atoms with Crippen molar-refractivity contribution in [3.05, 3.63) is 28.3 Å². The molecule has 114 valence electrons. The maximum atomic E-state index is 11.8. The van der Waals surface area contributed by atoms with E-state index in [2.05, 4.69) is 5.32 Å². The van der Waals surface area contributed by atoms with Gasteiger partial charge in [-0.25, -0.2) is 0 Å². The lowest BCUT2D eigenvalue weighted by Gasteiger charge is -2.21. The molecule has 7 heteroatoms. The minimum absolute atomic E-state index is 0.0152. The molecule has 0 atom stereocenters. The standard InChI is InChI=1S/C14H18N2O5/c17-13-7-6-10(16(19)20)8-12(13)15-14(18)9-21-11-4-2-1-3-5-11/h6-8,11,17H,1-5,9H2,(H,15,18). The van der Waals surface area contributed by atoms with Gasteiger partial charge in [0.2, 0.25) is 5.91 Å². The van der Waals surface area contributed by atoms with Crippen molar-refractivity contribution >= 4 is 17.3 Å². The molecule has 0 bridgehead atoms. The van der Waals surface area contributed by atoms with Gasteiger partial charge >= 0.3 is 0 Å². The van der Waals surface area contributed by atoms with Crippen LogP contribution in [0.4, 0.5) is 11.4 Å². The molecule has 1 aliphatic carbocycles. The third-order valence-electron chi connectivity index (χ3n) is 3.47. The van der Waals surface area contributed by atoms with Crippen LogP contribution < -0.4 is 5.32 Å². The summed E-state index contributed by atoms with van der Waals surface area (Å²) in [5.74, 6) is -0.650. The number of phenolic OH excluding ortho intramolecular Hbond substituents is 1. The highest BCUT2D eigenvalue weighted by molar-refractivity contribution is 5.93. The Labute approximate surface area is 122 Å². The van der Waals surface area contributed by atoms with Crippen LogP contribution >= 0.6 is 0 Å². The number of aromatic hydroxyl groups is 1. The van der Waals surface area contributed by atoms with E-state index in [4.69, 9.17) is 4.74 Å². The number of anilines is 1. The molecular weight excluding hydrogens is 276 g/mol. The summed E-state index contributed by atoms with van der Waals surface area (Å²) >= 11 is 0. The summed E-state index contributed by atoms with van der Waals surface area (Å²) in [4.78, 5) is 21.9. The Bertz CT molecular complexity index is 526. The SMILES string of the molecule is O=C(COC1CCCCC1)Nc1cc([N+](=O)[O-])ccc1O. The average molecular weight is 294 g/mol. The molecule has 1 aromatic rings. The molecular formula is C14H18N2O5. The fourth-order valence-corrected chi connectivity index (χ4v) is 2.35. The Kier molecular flexibility index (Phi) is 5.10. The minimum atomic E-state index is -0.590. The lowest BCUT2D eigenvalue weighted by molar-refractivity contribution is -0.384. The number of nitrogens with zero attached hydrogens (tertiary/aromatic N) is 1. The first-order valence-corrected chi connectivity index (χ1v) is 6.95. The van der Waals surface area contributed by atoms with Crippen molar-refractivity contribution in [2.24, 2.45) is 0 Å². The van der Waals surface area contributed by atoms with E-state index >= 15 is 0 Å². The summed E-state index contributed by atoms with van der Waals surface area (Å²) in [6.07, 6.45) is 5.43. The van der Waals surface area contributed by atoms with Gasteiger partial charge in [-0.1, -0.05) is 19.3 Å². The first-order chi connectivity index (χ1) is 10.1. The molecule has 7 nitrogen and oxygen atoms in total. The number of rotatable bonds is 5. The molecule has 0 saturated heterocycles. The van der Waals surface area contributed by atoms with E-state index in [1.165, 1.54) is 18.6 Å². The number of ether oxygens (including phenoxy) is 1. The van der Waals surface area contributed by atoms with Crippen molar-refractivity contribution in [1.29, 1.82) is 0 Å². The minimum Gasteiger partial charge on any atom is -0.506 e. The Morgan fingerprint density at radius 1 is 1.38 bits per heavy atom. The molecule has 2 rings (SSSR count). The topological polar surface area (TPSA) is 102 Å². The van der Waals surface area contributed by atoms with Crippen LogP contribution in [-0.2, 0) is 9.53 Å². The van der Waals surface area contributed by atoms with Crippen LogP contribution in [0.15, 0.2) is 18.2 Å². The molecule has 1 fully saturated rings. The van der Waals surface area contributed by atoms with Crippen LogP contribution in [0.5, 0.6) is 5.75 Å². The van der Waals surface area contributed by atoms with E-state index < -0.39 is 10.8 Å². The monoisotopic (exact) mass is 294 g/mol. The zero-order chi connectivity index (χ0) is 15.2. The summed E-state index contributed by atoms with van der Waals surface area (Å²) in [5.41, 5.74) is -0.183. The number of amides is 1. The van der Waals surface area contributed by atoms with Crippen molar-refractivity contribution in [1.82, 2.24) is 0 Å². The molecule has 0 aliphatic heterocycles. The number of hydrogen-bond acceptors (Lipinski definition) is 5. The lowest BCUT2D eigenvalue weighted by atomic mass is 9.98. The molecule has 0 radical (unpaired) electrons. The average Bonchev–Trinajstić information content (AvgIpc) is 2.48. The van der Waals surface area contributed by atoms with E-state index in [1.807, 2.05) is 0 Å². The molecule has 0 spiro atoms. The number of nitro groups is 1. The van der Waals surface area contributed by atoms with Crippen molar-refractivity contribution in [3.63, 3.8) is 0 Å². The number of hydrogen-bond donors (Lipinski definition) is 2. The van der Waals surface area contributed by atoms with Gasteiger partial charge in [0.05, 0.1) is 16.7 Å². The molecule has 2 N–H and O–H groups in total. The highest BCUT2D eigenvalue weighted by Gasteiger charge is 2.16. The molecule has 21 heavy (non-hydrogen) atoms. The number of phenols is 1. The zero-order valence-electron chi connectivity index (χ0n) is 11.6. The van der Waals surface area contributed by atoms with Crippen molar-refractivity contribution in [2.75, 3.05) is 11.9 Å². The van der Waals surface area contributed by atoms with E-state index in [0.717, 1.165) is 31.7 Å². The van der Waals surface area contributed by atoms with E-state index in [0.29, 0.717) is 0 Å². The van der Waals surface area contributed by atoms with Gasteiger partial charge in [-0.05, 0) is 18.9 Å². The van der Waals surface area contributed by atoms with Crippen molar-refractivity contribution in [3.8, 4) is 5.75 Å². The van der Waals surface area contributed by atoms with Crippen molar-refractivity contribution < 1.29 is 19.6 Å². The summed E-state index contributed by atoms with van der Waals surface area (Å²) < 4.78 is 5.51. The van der Waals surface area contributed by atoms with Crippen LogP contribution in [0.2, 0.25) is 0 Å². The summed E-state index contributed by atoms with van der Waals surface area (Å²) in [5, 5.41) is 22.7. The summed E-state index contributed by atoms with van der Waals surface area (Å²) in [6, 6.07) is 3.47. The second-order valence-electron chi connectivity index (χ2n) is 5.08. The second kappa shape index (κ2) is 7.03. The van der Waals surface area contributed by atoms with Gasteiger partial charge in [0.15, 0.2) is 0 Å². The van der Waals surface area contributed by atoms with E-state index in [-0.39, 0.29) is 29.8 Å².